The third-order valence-corrected chi connectivity index (χ3v) is 7.08. The molecule has 3 atom stereocenters. The van der Waals surface area contributed by atoms with Crippen LogP contribution < -0.4 is 9.96 Å². The summed E-state index contributed by atoms with van der Waals surface area (Å²) in [6, 6.07) is 30.2. The van der Waals surface area contributed by atoms with Crippen LogP contribution in [-0.2, 0) is 19.8 Å². The number of amides is 2. The summed E-state index contributed by atoms with van der Waals surface area (Å²) < 4.78 is 13.9. The number of halogens is 2. The van der Waals surface area contributed by atoms with Gasteiger partial charge in [-0.3, -0.25) is 14.4 Å². The summed E-state index contributed by atoms with van der Waals surface area (Å²) >= 11 is 6.06. The van der Waals surface area contributed by atoms with E-state index in [1.54, 1.807) is 41.5 Å². The topological polar surface area (TPSA) is 49.9 Å². The number of rotatable bonds is 4. The van der Waals surface area contributed by atoms with Crippen molar-refractivity contribution in [1.29, 1.82) is 0 Å². The minimum Gasteiger partial charge on any atom is -0.273 e. The second-order valence-corrected chi connectivity index (χ2v) is 9.23. The van der Waals surface area contributed by atoms with Crippen LogP contribution in [0.4, 0.5) is 15.8 Å². The van der Waals surface area contributed by atoms with Crippen LogP contribution in [0, 0.1) is 5.82 Å². The zero-order valence-corrected chi connectivity index (χ0v) is 19.7. The van der Waals surface area contributed by atoms with Gasteiger partial charge < -0.3 is 0 Å². The molecule has 0 aromatic heterocycles. The zero-order chi connectivity index (χ0) is 24.9. The Balaban J connectivity index is 1.61. The molecule has 0 saturated carbocycles. The van der Waals surface area contributed by atoms with Crippen molar-refractivity contribution in [1.82, 2.24) is 0 Å². The SMILES string of the molecule is O=C1C2ON(c3ccccc3)C(c3ccc(F)cc3)C2(c2ccccc2)C(=O)N1c1ccc(Cl)cc1. The molecule has 2 fully saturated rings. The van der Waals surface area contributed by atoms with Gasteiger partial charge >= 0.3 is 0 Å². The lowest BCUT2D eigenvalue weighted by atomic mass is 9.69. The van der Waals surface area contributed by atoms with E-state index in [0.29, 0.717) is 27.5 Å². The van der Waals surface area contributed by atoms with Gasteiger partial charge in [0.25, 0.3) is 5.91 Å². The second-order valence-electron chi connectivity index (χ2n) is 8.79. The second kappa shape index (κ2) is 8.59. The van der Waals surface area contributed by atoms with Gasteiger partial charge in [-0.25, -0.2) is 14.4 Å². The number of anilines is 2. The highest BCUT2D eigenvalue weighted by Gasteiger charge is 2.72. The highest BCUT2D eigenvalue weighted by Crippen LogP contribution is 2.57. The number of nitrogens with zero attached hydrogens (tertiary/aromatic N) is 2. The molecule has 2 aliphatic rings. The van der Waals surface area contributed by atoms with Crippen molar-refractivity contribution in [3.05, 3.63) is 131 Å². The Hall–Kier alpha value is -4.00. The maximum absolute atomic E-state index is 14.5. The lowest BCUT2D eigenvalue weighted by Gasteiger charge is -2.35. The van der Waals surface area contributed by atoms with Gasteiger partial charge in [0.2, 0.25) is 5.91 Å². The van der Waals surface area contributed by atoms with E-state index in [-0.39, 0.29) is 0 Å². The normalized spacial score (nSPS) is 23.3. The molecular formula is C29H20ClFN2O3. The van der Waals surface area contributed by atoms with Crippen LogP contribution in [0.15, 0.2) is 109 Å². The smallest absolute Gasteiger partial charge is 0.267 e. The first-order valence-corrected chi connectivity index (χ1v) is 11.9. The van der Waals surface area contributed by atoms with Crippen LogP contribution in [0.3, 0.4) is 0 Å². The standard InChI is InChI=1S/C29H20ClFN2O3/c30-21-13-17-23(18-14-21)32-27(34)26-29(28(32)35,20-7-3-1-4-8-20)25(19-11-15-22(31)16-12-19)33(36-26)24-9-5-2-6-10-24/h1-18,25-26H. The summed E-state index contributed by atoms with van der Waals surface area (Å²) in [5, 5.41) is 2.10. The van der Waals surface area contributed by atoms with E-state index >= 15 is 0 Å². The summed E-state index contributed by atoms with van der Waals surface area (Å²) in [7, 11) is 0. The lowest BCUT2D eigenvalue weighted by molar-refractivity contribution is -0.126. The molecule has 6 rings (SSSR count). The quantitative estimate of drug-likeness (QED) is 0.331. The molecule has 0 spiro atoms. The summed E-state index contributed by atoms with van der Waals surface area (Å²) in [4.78, 5) is 36.0. The Morgan fingerprint density at radius 2 is 1.36 bits per heavy atom. The number of hydrogen-bond donors (Lipinski definition) is 0. The predicted molar refractivity (Wildman–Crippen MR) is 135 cm³/mol. The van der Waals surface area contributed by atoms with Gasteiger partial charge in [0.05, 0.1) is 11.4 Å². The van der Waals surface area contributed by atoms with Crippen LogP contribution in [0.2, 0.25) is 5.02 Å². The van der Waals surface area contributed by atoms with Gasteiger partial charge in [0.1, 0.15) is 17.3 Å². The van der Waals surface area contributed by atoms with Crippen molar-refractivity contribution in [3.63, 3.8) is 0 Å². The number of carbonyl (C=O) groups is 2. The molecule has 0 N–H and O–H groups in total. The van der Waals surface area contributed by atoms with Crippen molar-refractivity contribution in [2.24, 2.45) is 0 Å². The average molecular weight is 499 g/mol. The van der Waals surface area contributed by atoms with E-state index in [1.165, 1.54) is 17.0 Å². The molecule has 0 bridgehead atoms. The first-order chi connectivity index (χ1) is 17.5. The van der Waals surface area contributed by atoms with E-state index in [9.17, 15) is 14.0 Å². The van der Waals surface area contributed by atoms with Gasteiger partial charge in [-0.05, 0) is 59.7 Å². The first-order valence-electron chi connectivity index (χ1n) is 11.5. The first kappa shape index (κ1) is 22.5. The summed E-state index contributed by atoms with van der Waals surface area (Å²) in [5.41, 5.74) is 0.941. The van der Waals surface area contributed by atoms with Gasteiger partial charge in [-0.1, -0.05) is 72.3 Å². The molecule has 2 amide bonds. The highest BCUT2D eigenvalue weighted by molar-refractivity contribution is 6.31. The molecule has 2 heterocycles. The molecule has 36 heavy (non-hydrogen) atoms. The van der Waals surface area contributed by atoms with Crippen molar-refractivity contribution in [2.75, 3.05) is 9.96 Å². The number of hydroxylamine groups is 1. The molecular weight excluding hydrogens is 479 g/mol. The Kier molecular flexibility index (Phi) is 5.36. The van der Waals surface area contributed by atoms with Gasteiger partial charge in [-0.15, -0.1) is 0 Å². The maximum Gasteiger partial charge on any atom is 0.267 e. The van der Waals surface area contributed by atoms with E-state index < -0.39 is 35.2 Å². The molecule has 5 nitrogen and oxygen atoms in total. The van der Waals surface area contributed by atoms with Crippen LogP contribution in [0.1, 0.15) is 17.2 Å². The lowest BCUT2D eigenvalue weighted by Crippen LogP contribution is -2.46. The van der Waals surface area contributed by atoms with E-state index in [0.717, 1.165) is 0 Å². The fourth-order valence-electron chi connectivity index (χ4n) is 5.27. The summed E-state index contributed by atoms with van der Waals surface area (Å²) in [6.07, 6.45) is -1.14. The fourth-order valence-corrected chi connectivity index (χ4v) is 5.39. The van der Waals surface area contributed by atoms with Crippen molar-refractivity contribution in [3.8, 4) is 0 Å². The monoisotopic (exact) mass is 498 g/mol. The Labute approximate surface area is 212 Å². The highest BCUT2D eigenvalue weighted by atomic mass is 35.5. The summed E-state index contributed by atoms with van der Waals surface area (Å²) in [5.74, 6) is -1.29. The summed E-state index contributed by atoms with van der Waals surface area (Å²) in [6.45, 7) is 0. The molecule has 0 aliphatic carbocycles. The molecule has 2 aliphatic heterocycles. The zero-order valence-electron chi connectivity index (χ0n) is 18.9. The van der Waals surface area contributed by atoms with Crippen LogP contribution >= 0.6 is 11.6 Å². The van der Waals surface area contributed by atoms with Gasteiger partial charge in [0.15, 0.2) is 6.10 Å². The van der Waals surface area contributed by atoms with E-state index in [1.807, 2.05) is 60.7 Å². The van der Waals surface area contributed by atoms with Crippen LogP contribution in [0.5, 0.6) is 0 Å². The number of imide groups is 1. The molecule has 4 aromatic rings. The van der Waals surface area contributed by atoms with Crippen LogP contribution in [0.25, 0.3) is 0 Å². The Morgan fingerprint density at radius 1 is 0.750 bits per heavy atom. The third-order valence-electron chi connectivity index (χ3n) is 6.83. The Morgan fingerprint density at radius 3 is 2.00 bits per heavy atom. The fraction of sp³-hybridized carbons (Fsp3) is 0.103. The van der Waals surface area contributed by atoms with Crippen molar-refractivity contribution < 1.29 is 18.8 Å². The van der Waals surface area contributed by atoms with Gasteiger partial charge in [-0.2, -0.15) is 0 Å². The minimum atomic E-state index is -1.42. The van der Waals surface area contributed by atoms with Crippen molar-refractivity contribution in [2.45, 2.75) is 17.6 Å². The number of para-hydroxylation sites is 1. The van der Waals surface area contributed by atoms with E-state index in [2.05, 4.69) is 0 Å². The molecule has 7 heteroatoms. The van der Waals surface area contributed by atoms with Gasteiger partial charge in [0, 0.05) is 5.02 Å². The molecule has 3 unspecified atom stereocenters. The third kappa shape index (κ3) is 3.26. The van der Waals surface area contributed by atoms with E-state index in [4.69, 9.17) is 16.4 Å². The number of hydrogen-bond acceptors (Lipinski definition) is 4. The minimum absolute atomic E-state index is 0.397. The number of fused-ring (bicyclic) bond motifs is 1. The molecule has 0 radical (unpaired) electrons. The molecule has 2 saturated heterocycles. The largest absolute Gasteiger partial charge is 0.273 e. The molecule has 178 valence electrons. The van der Waals surface area contributed by atoms with Crippen LogP contribution in [-0.4, -0.2) is 17.9 Å². The number of carbonyl (C=O) groups excluding carboxylic acids is 2. The number of benzene rings is 4. The molecule has 4 aromatic carbocycles. The maximum atomic E-state index is 14.5. The predicted octanol–water partition coefficient (Wildman–Crippen LogP) is 5.85. The van der Waals surface area contributed by atoms with Crippen molar-refractivity contribution >= 4 is 34.8 Å². The average Bonchev–Trinajstić information content (AvgIpc) is 3.38. The Bertz CT molecular complexity index is 1430.